The van der Waals surface area contributed by atoms with E-state index in [9.17, 15) is 13.2 Å². The zero-order valence-corrected chi connectivity index (χ0v) is 7.54. The molecule has 0 aromatic heterocycles. The molecule has 1 heterocycles. The molecule has 6 heteroatoms. The van der Waals surface area contributed by atoms with Crippen molar-refractivity contribution in [2.45, 2.75) is 12.5 Å². The lowest BCUT2D eigenvalue weighted by Gasteiger charge is -2.05. The third kappa shape index (κ3) is 3.05. The van der Waals surface area contributed by atoms with E-state index in [2.05, 4.69) is 10.1 Å². The van der Waals surface area contributed by atoms with Crippen LogP contribution < -0.4 is 0 Å². The molecule has 0 saturated carbocycles. The van der Waals surface area contributed by atoms with Crippen LogP contribution in [0.5, 0.6) is 0 Å². The lowest BCUT2D eigenvalue weighted by atomic mass is 10.4. The van der Waals surface area contributed by atoms with Gasteiger partial charge in [-0.25, -0.2) is 0 Å². The van der Waals surface area contributed by atoms with Gasteiger partial charge in [0.2, 0.25) is 0 Å². The fourth-order valence-corrected chi connectivity index (χ4v) is 1.96. The molecule has 1 aliphatic rings. The predicted octanol–water partition coefficient (Wildman–Crippen LogP) is -0.718. The van der Waals surface area contributed by atoms with Crippen molar-refractivity contribution in [2.75, 3.05) is 12.4 Å². The van der Waals surface area contributed by atoms with Crippen LogP contribution >= 0.6 is 0 Å². The first-order valence-electron chi connectivity index (χ1n) is 3.53. The van der Waals surface area contributed by atoms with Crippen molar-refractivity contribution < 1.29 is 22.1 Å². The number of ether oxygens (including phenoxy) is 1. The Kier molecular flexibility index (Phi) is 2.90. The van der Waals surface area contributed by atoms with E-state index in [0.29, 0.717) is 0 Å². The minimum Gasteiger partial charge on any atom is -0.458 e. The van der Waals surface area contributed by atoms with E-state index in [0.717, 1.165) is 0 Å². The molecule has 1 unspecified atom stereocenters. The number of esters is 1. The highest BCUT2D eigenvalue weighted by Gasteiger charge is 2.31. The largest absolute Gasteiger partial charge is 0.458 e. The second kappa shape index (κ2) is 3.77. The van der Waals surface area contributed by atoms with Crippen LogP contribution in [0, 0.1) is 12.3 Å². The average Bonchev–Trinajstić information content (AvgIpc) is 2.30. The maximum atomic E-state index is 10.8. The summed E-state index contributed by atoms with van der Waals surface area (Å²) in [6.45, 7) is -0.112. The first-order chi connectivity index (χ1) is 6.03. The van der Waals surface area contributed by atoms with E-state index in [4.69, 9.17) is 11.2 Å². The molecule has 1 saturated heterocycles. The summed E-state index contributed by atoms with van der Waals surface area (Å²) >= 11 is 0. The Morgan fingerprint density at radius 1 is 1.69 bits per heavy atom. The van der Waals surface area contributed by atoms with Gasteiger partial charge < -0.3 is 4.74 Å². The Morgan fingerprint density at radius 3 is 2.85 bits per heavy atom. The molecule has 5 nitrogen and oxygen atoms in total. The van der Waals surface area contributed by atoms with Crippen molar-refractivity contribution in [3.8, 4) is 12.3 Å². The molecule has 1 aliphatic heterocycles. The Bertz CT molecular complexity index is 336. The summed E-state index contributed by atoms with van der Waals surface area (Å²) in [5, 5.41) is 0. The summed E-state index contributed by atoms with van der Waals surface area (Å²) in [4.78, 5) is 10.8. The van der Waals surface area contributed by atoms with Crippen LogP contribution in [-0.4, -0.2) is 32.9 Å². The van der Waals surface area contributed by atoms with E-state index < -0.39 is 22.2 Å². The van der Waals surface area contributed by atoms with E-state index in [1.54, 1.807) is 0 Å². The molecule has 0 aliphatic carbocycles. The lowest BCUT2D eigenvalue weighted by molar-refractivity contribution is -0.147. The van der Waals surface area contributed by atoms with E-state index >= 15 is 0 Å². The fourth-order valence-electron chi connectivity index (χ4n) is 0.882. The fraction of sp³-hybridized carbons (Fsp3) is 0.571. The molecule has 0 aromatic carbocycles. The molecule has 1 rings (SSSR count). The van der Waals surface area contributed by atoms with Gasteiger partial charge in [0.1, 0.15) is 24.9 Å². The molecule has 1 fully saturated rings. The zero-order valence-electron chi connectivity index (χ0n) is 6.73. The van der Waals surface area contributed by atoms with Gasteiger partial charge in [-0.1, -0.05) is 5.92 Å². The minimum atomic E-state index is -3.48. The molecule has 13 heavy (non-hydrogen) atoms. The van der Waals surface area contributed by atoms with Gasteiger partial charge in [0, 0.05) is 0 Å². The van der Waals surface area contributed by atoms with Gasteiger partial charge in [-0.3, -0.25) is 8.98 Å². The van der Waals surface area contributed by atoms with Crippen LogP contribution in [-0.2, 0) is 23.8 Å². The molecule has 0 amide bonds. The highest BCUT2D eigenvalue weighted by molar-refractivity contribution is 7.87. The summed E-state index contributed by atoms with van der Waals surface area (Å²) in [6, 6.07) is 0. The lowest BCUT2D eigenvalue weighted by Crippen LogP contribution is -2.21. The van der Waals surface area contributed by atoms with Gasteiger partial charge in [0.25, 0.3) is 10.1 Å². The second-order valence-corrected chi connectivity index (χ2v) is 4.19. The number of carbonyl (C=O) groups is 1. The van der Waals surface area contributed by atoms with Crippen molar-refractivity contribution in [1.82, 2.24) is 0 Å². The first-order valence-corrected chi connectivity index (χ1v) is 5.11. The van der Waals surface area contributed by atoms with Crippen LogP contribution in [0.3, 0.4) is 0 Å². The molecular weight excluding hydrogens is 196 g/mol. The second-order valence-electron chi connectivity index (χ2n) is 2.50. The molecule has 0 N–H and O–H groups in total. The molecule has 0 radical (unpaired) electrons. The summed E-state index contributed by atoms with van der Waals surface area (Å²) in [7, 11) is -3.48. The Balaban J connectivity index is 2.42. The first kappa shape index (κ1) is 10.0. The Hall–Kier alpha value is -1.06. The van der Waals surface area contributed by atoms with Crippen LogP contribution in [0.25, 0.3) is 0 Å². The summed E-state index contributed by atoms with van der Waals surface area (Å²) in [5.41, 5.74) is 0. The number of carbonyl (C=O) groups excluding carboxylic acids is 1. The van der Waals surface area contributed by atoms with Crippen molar-refractivity contribution in [1.29, 1.82) is 0 Å². The monoisotopic (exact) mass is 204 g/mol. The van der Waals surface area contributed by atoms with Crippen LogP contribution in [0.2, 0.25) is 0 Å². The topological polar surface area (TPSA) is 69.7 Å². The smallest absolute Gasteiger partial charge is 0.318 e. The van der Waals surface area contributed by atoms with E-state index in [1.807, 2.05) is 0 Å². The van der Waals surface area contributed by atoms with Crippen molar-refractivity contribution >= 4 is 16.1 Å². The zero-order chi connectivity index (χ0) is 9.90. The third-order valence-electron chi connectivity index (χ3n) is 1.37. The Labute approximate surface area is 76.1 Å². The highest BCUT2D eigenvalue weighted by Crippen LogP contribution is 2.11. The number of hydrogen-bond acceptors (Lipinski definition) is 5. The van der Waals surface area contributed by atoms with Gasteiger partial charge >= 0.3 is 5.97 Å². The van der Waals surface area contributed by atoms with Crippen LogP contribution in [0.15, 0.2) is 0 Å². The van der Waals surface area contributed by atoms with Crippen LogP contribution in [0.1, 0.15) is 6.42 Å². The number of rotatable bonds is 2. The van der Waals surface area contributed by atoms with Gasteiger partial charge in [-0.15, -0.1) is 6.42 Å². The minimum absolute atomic E-state index is 0.112. The van der Waals surface area contributed by atoms with Gasteiger partial charge in [-0.05, 0) is 0 Å². The van der Waals surface area contributed by atoms with E-state index in [1.165, 1.54) is 0 Å². The van der Waals surface area contributed by atoms with Crippen LogP contribution in [0.4, 0.5) is 0 Å². The molecule has 1 atom stereocenters. The van der Waals surface area contributed by atoms with E-state index in [-0.39, 0.29) is 18.8 Å². The molecule has 0 aromatic rings. The summed E-state index contributed by atoms with van der Waals surface area (Å²) in [6.07, 6.45) is 3.98. The third-order valence-corrected chi connectivity index (χ3v) is 2.64. The molecule has 0 spiro atoms. The van der Waals surface area contributed by atoms with Crippen molar-refractivity contribution in [3.05, 3.63) is 0 Å². The maximum absolute atomic E-state index is 10.8. The SMILES string of the molecule is C#CCC(=O)OC1COS(=O)(=O)C1. The summed E-state index contributed by atoms with van der Waals surface area (Å²) < 4.78 is 30.5. The van der Waals surface area contributed by atoms with Crippen molar-refractivity contribution in [3.63, 3.8) is 0 Å². The quantitative estimate of drug-likeness (QED) is 0.337. The van der Waals surface area contributed by atoms with Gasteiger partial charge in [0.05, 0.1) is 0 Å². The standard InChI is InChI=1S/C7H8O5S/c1-2-3-7(8)12-6-4-11-13(9,10)5-6/h1,6H,3-5H2. The van der Waals surface area contributed by atoms with Crippen molar-refractivity contribution in [2.24, 2.45) is 0 Å². The van der Waals surface area contributed by atoms with Gasteiger partial charge in [0.15, 0.2) is 0 Å². The number of terminal acetylenes is 1. The molecular formula is C7H8O5S. The molecule has 0 bridgehead atoms. The van der Waals surface area contributed by atoms with Gasteiger partial charge in [-0.2, -0.15) is 8.42 Å². The summed E-state index contributed by atoms with van der Waals surface area (Å²) in [5.74, 6) is 1.21. The number of hydrogen-bond donors (Lipinski definition) is 0. The molecule has 72 valence electrons. The average molecular weight is 204 g/mol. The predicted molar refractivity (Wildman–Crippen MR) is 43.1 cm³/mol. The Morgan fingerprint density at radius 2 is 2.38 bits per heavy atom. The maximum Gasteiger partial charge on any atom is 0.318 e. The normalized spacial score (nSPS) is 25.0. The highest BCUT2D eigenvalue weighted by atomic mass is 32.2.